The number of hydrogen-bond donors (Lipinski definition) is 13. The number of amides is 4. The van der Waals surface area contributed by atoms with Crippen LogP contribution in [-0.4, -0.2) is 154 Å². The summed E-state index contributed by atoms with van der Waals surface area (Å²) in [6, 6.07) is 0. The van der Waals surface area contributed by atoms with Crippen LogP contribution in [0.2, 0.25) is 0 Å². The van der Waals surface area contributed by atoms with E-state index in [2.05, 4.69) is 25.2 Å². The molecular weight excluding hydrogens is 993 g/mol. The molecule has 3 rings (SSSR count). The van der Waals surface area contributed by atoms with Gasteiger partial charge in [-0.15, -0.1) is 0 Å². The normalized spacial score (nSPS) is 15.1. The summed E-state index contributed by atoms with van der Waals surface area (Å²) in [5.41, 5.74) is -7.11. The molecule has 3 aliphatic rings. The zero-order valence-corrected chi connectivity index (χ0v) is 35.7. The smallest absolute Gasteiger partial charge is 0.357 e. The van der Waals surface area contributed by atoms with Crippen molar-refractivity contribution in [1.82, 2.24) is 20.3 Å². The summed E-state index contributed by atoms with van der Waals surface area (Å²) in [4.78, 5) is 226. The lowest BCUT2D eigenvalue weighted by Crippen LogP contribution is -2.71. The number of ether oxygens (including phenoxy) is 3. The molecule has 3 heterocycles. The van der Waals surface area contributed by atoms with Crippen molar-refractivity contribution in [2.24, 2.45) is 38.1 Å². The van der Waals surface area contributed by atoms with E-state index in [1.54, 1.807) is 0 Å². The molecule has 2 atom stereocenters. The van der Waals surface area contributed by atoms with Gasteiger partial charge in [0.25, 0.3) is 34.5 Å². The summed E-state index contributed by atoms with van der Waals surface area (Å²) in [6.07, 6.45) is 0. The average molecular weight is 1020 g/mol. The number of carbonyl (C=O) groups excluding carboxylic acids is 13. The maximum Gasteiger partial charge on any atom is 0.357 e. The first kappa shape index (κ1) is 58.8. The van der Waals surface area contributed by atoms with Gasteiger partial charge >= 0.3 is 93.8 Å². The van der Waals surface area contributed by atoms with Gasteiger partial charge in [0.2, 0.25) is 0 Å². The topological polar surface area (TPSA) is 611 Å². The molecule has 39 heteroatoms. The van der Waals surface area contributed by atoms with E-state index >= 15 is 0 Å². The highest BCUT2D eigenvalue weighted by atomic mass is 31.1. The third kappa shape index (κ3) is 9.76. The average Bonchev–Trinajstić information content (AvgIpc) is 3.14. The van der Waals surface area contributed by atoms with Crippen molar-refractivity contribution < 1.29 is 146 Å². The van der Waals surface area contributed by atoms with E-state index in [0.29, 0.717) is 13.8 Å². The SMILES string of the molecule is CC(=O)C(C(=O)O)(C(=O)O)C(=O)NPNC(=O)C(C(=O)O)(C(=O)O)C(=O)NPNC(=O)C(C(C)=O)(C(=O)O)C(=O)O.CC(=O)C1(C(=O)O)C(=O)OC1=O.NPN.O=C1OC(=O)C12C(=O)OC2=O. The van der Waals surface area contributed by atoms with Gasteiger partial charge in [-0.05, 0) is 20.8 Å². The van der Waals surface area contributed by atoms with E-state index in [1.165, 1.54) is 20.3 Å². The predicted octanol–water partition coefficient (Wildman–Crippen LogP) is -8.61. The van der Waals surface area contributed by atoms with Crippen LogP contribution < -0.4 is 31.4 Å². The Morgan fingerprint density at radius 1 is 0.433 bits per heavy atom. The standard InChI is InChI=1S/C17H18N4O18P2.C6H4O6.C5O6.H5N2P/c1-3(22)15(9(28)29,10(30)31)5(24)18-40-20-7(26)17(13(36)37,14(38)39)8(27)21-41-19-6(25)16(4(2)23,11(32)33)12(34)35;1-2(7)6(3(8)9)4(10)12-5(6)11;6-1-5(2(7)10-1)3(8)11-4(5)9;1-3-2/h40-41H,1-2H3,(H,18,24)(H,19,25)(H,20,26)(H,21,27)(H,28,29)(H,30,31)(H,32,33)(H,34,35)(H,36,37)(H,38,39);1H3,(H,8,9);;3H,1-2H2. The van der Waals surface area contributed by atoms with Crippen molar-refractivity contribution in [1.29, 1.82) is 0 Å². The second-order valence-corrected chi connectivity index (χ2v) is 13.7. The molecule has 0 radical (unpaired) electrons. The number of carboxylic acid groups (broad SMARTS) is 7. The predicted molar refractivity (Wildman–Crippen MR) is 197 cm³/mol. The summed E-state index contributed by atoms with van der Waals surface area (Å²) in [5.74, 6) is -37.3. The highest BCUT2D eigenvalue weighted by molar-refractivity contribution is 7.36. The number of nitrogens with two attached hydrogens (primary N) is 2. The molecule has 0 aromatic rings. The van der Waals surface area contributed by atoms with E-state index in [1.807, 2.05) is 0 Å². The second-order valence-electron chi connectivity index (χ2n) is 11.8. The first-order chi connectivity index (χ1) is 30.6. The van der Waals surface area contributed by atoms with Gasteiger partial charge in [-0.3, -0.25) is 33.6 Å². The van der Waals surface area contributed by atoms with Gasteiger partial charge in [-0.1, -0.05) is 0 Å². The summed E-state index contributed by atoms with van der Waals surface area (Å²) in [7, 11) is -3.40. The van der Waals surface area contributed by atoms with E-state index < -0.39 is 163 Å². The Morgan fingerprint density at radius 3 is 0.761 bits per heavy atom. The largest absolute Gasteiger partial charge is 0.480 e. The van der Waals surface area contributed by atoms with Crippen molar-refractivity contribution in [3.05, 3.63) is 0 Å². The number of ketones is 3. The first-order valence-electron chi connectivity index (χ1n) is 15.9. The van der Waals surface area contributed by atoms with Crippen LogP contribution in [0.1, 0.15) is 20.8 Å². The molecule has 36 nitrogen and oxygen atoms in total. The lowest BCUT2D eigenvalue weighted by molar-refractivity contribution is -0.224. The first-order valence-corrected chi connectivity index (χ1v) is 19.1. The maximum absolute atomic E-state index is 12.5. The molecule has 3 fully saturated rings. The Kier molecular flexibility index (Phi) is 19.4. The minimum atomic E-state index is -4.15. The summed E-state index contributed by atoms with van der Waals surface area (Å²) in [6.45, 7) is 1.69. The van der Waals surface area contributed by atoms with Crippen molar-refractivity contribution in [3.8, 4) is 0 Å². The zero-order chi connectivity index (χ0) is 53.1. The molecule has 0 aliphatic carbocycles. The van der Waals surface area contributed by atoms with Crippen molar-refractivity contribution in [3.63, 3.8) is 0 Å². The van der Waals surface area contributed by atoms with Crippen LogP contribution >= 0.6 is 26.6 Å². The Hall–Kier alpha value is -8.19. The fraction of sp³-hybridized carbons (Fsp3) is 0.286. The molecule has 15 N–H and O–H groups in total. The molecule has 0 aromatic heterocycles. The quantitative estimate of drug-likeness (QED) is 0.0262. The van der Waals surface area contributed by atoms with Crippen LogP contribution in [0, 0.1) is 27.1 Å². The molecule has 0 bridgehead atoms. The highest BCUT2D eigenvalue weighted by Crippen LogP contribution is 2.41. The van der Waals surface area contributed by atoms with Crippen molar-refractivity contribution in [2.75, 3.05) is 0 Å². The minimum Gasteiger partial charge on any atom is -0.480 e. The van der Waals surface area contributed by atoms with Crippen LogP contribution in [0.5, 0.6) is 0 Å². The van der Waals surface area contributed by atoms with Crippen LogP contribution in [0.3, 0.4) is 0 Å². The number of carboxylic acids is 7. The summed E-state index contributed by atoms with van der Waals surface area (Å²) in [5, 5.41) is 69.3. The van der Waals surface area contributed by atoms with E-state index in [4.69, 9.17) is 25.5 Å². The molecule has 0 aromatic carbocycles. The molecule has 2 unspecified atom stereocenters. The van der Waals surface area contributed by atoms with Gasteiger partial charge in [0.05, 0.1) is 17.8 Å². The van der Waals surface area contributed by atoms with Crippen LogP contribution in [-0.2, 0) is 110 Å². The Labute approximate surface area is 370 Å². The van der Waals surface area contributed by atoms with E-state index in [-0.39, 0.29) is 8.88 Å². The zero-order valence-electron chi connectivity index (χ0n) is 32.7. The highest BCUT2D eigenvalue weighted by Gasteiger charge is 2.80. The molecule has 364 valence electrons. The van der Waals surface area contributed by atoms with E-state index in [0.717, 1.165) is 6.92 Å². The van der Waals surface area contributed by atoms with Gasteiger partial charge in [-0.2, -0.15) is 0 Å². The fourth-order valence-corrected chi connectivity index (χ4v) is 5.84. The number of carbonyl (C=O) groups is 20. The fourth-order valence-electron chi connectivity index (χ4n) is 4.51. The van der Waals surface area contributed by atoms with Crippen LogP contribution in [0.15, 0.2) is 0 Å². The monoisotopic (exact) mass is 1020 g/mol. The van der Waals surface area contributed by atoms with E-state index in [9.17, 15) is 106 Å². The number of esters is 6. The minimum absolute atomic E-state index is 0.0833. The van der Waals surface area contributed by atoms with Crippen LogP contribution in [0.25, 0.3) is 0 Å². The molecule has 67 heavy (non-hydrogen) atoms. The Morgan fingerprint density at radius 2 is 0.642 bits per heavy atom. The second kappa shape index (κ2) is 22.1. The summed E-state index contributed by atoms with van der Waals surface area (Å²) >= 11 is 0. The lowest BCUT2D eigenvalue weighted by Gasteiger charge is -2.36. The molecular formula is C28H27N6O30P3. The van der Waals surface area contributed by atoms with Gasteiger partial charge in [0, 0.05) is 8.88 Å². The summed E-state index contributed by atoms with van der Waals surface area (Å²) < 4.78 is 11.5. The van der Waals surface area contributed by atoms with Crippen LogP contribution in [0.4, 0.5) is 0 Å². The molecule has 1 spiro atoms. The van der Waals surface area contributed by atoms with Gasteiger partial charge < -0.3 is 81.3 Å². The maximum atomic E-state index is 12.5. The van der Waals surface area contributed by atoms with Gasteiger partial charge in [0.1, 0.15) is 0 Å². The molecule has 4 amide bonds. The van der Waals surface area contributed by atoms with Gasteiger partial charge in [0.15, 0.2) is 17.3 Å². The molecule has 3 saturated heterocycles. The lowest BCUT2D eigenvalue weighted by atomic mass is 9.80. The van der Waals surface area contributed by atoms with Crippen molar-refractivity contribution in [2.45, 2.75) is 20.8 Å². The number of aliphatic carboxylic acids is 7. The number of nitrogens with one attached hydrogen (secondary N) is 4. The Bertz CT molecular complexity index is 2080. The third-order valence-electron chi connectivity index (χ3n) is 8.29. The molecule has 3 aliphatic heterocycles. The number of hydrogen-bond acceptors (Lipinski definition) is 25. The third-order valence-corrected chi connectivity index (χ3v) is 9.70. The Balaban J connectivity index is 0.00000132. The number of rotatable bonds is 18. The number of cyclic esters (lactones) is 6. The molecule has 0 saturated carbocycles. The van der Waals surface area contributed by atoms with Crippen molar-refractivity contribution >= 4 is 145 Å². The number of Topliss-reactive ketones (excluding diaryl/α,β-unsaturated/α-hetero) is 3. The van der Waals surface area contributed by atoms with Gasteiger partial charge in [-0.25, -0.2) is 62.3 Å².